The Hall–Kier alpha value is -2.16. The van der Waals surface area contributed by atoms with Crippen LogP contribution in [0.4, 0.5) is 14.5 Å². The van der Waals surface area contributed by atoms with Crippen molar-refractivity contribution in [3.63, 3.8) is 0 Å². The molecule has 9 heteroatoms. The summed E-state index contributed by atoms with van der Waals surface area (Å²) in [6.07, 6.45) is 1.45. The largest absolute Gasteiger partial charge is 0.435 e. The molecule has 0 aliphatic rings. The maximum atomic E-state index is 12.5. The molecule has 23 heavy (non-hydrogen) atoms. The van der Waals surface area contributed by atoms with Gasteiger partial charge in [-0.05, 0) is 44.5 Å². The van der Waals surface area contributed by atoms with Crippen LogP contribution in [0.25, 0.3) is 0 Å². The molecule has 1 N–H and O–H groups in total. The predicted molar refractivity (Wildman–Crippen MR) is 81.3 cm³/mol. The number of benzene rings is 1. The lowest BCUT2D eigenvalue weighted by Crippen LogP contribution is -2.14. The number of alkyl halides is 2. The Balaban J connectivity index is 2.28. The smallest absolute Gasteiger partial charge is 0.387 e. The van der Waals surface area contributed by atoms with Gasteiger partial charge < -0.3 is 4.74 Å². The molecule has 1 heterocycles. The van der Waals surface area contributed by atoms with Gasteiger partial charge in [-0.1, -0.05) is 0 Å². The van der Waals surface area contributed by atoms with Gasteiger partial charge in [0.15, 0.2) is 0 Å². The van der Waals surface area contributed by atoms with Crippen LogP contribution >= 0.6 is 0 Å². The van der Waals surface area contributed by atoms with Crippen LogP contribution in [-0.2, 0) is 16.6 Å². The van der Waals surface area contributed by atoms with E-state index in [0.717, 1.165) is 0 Å². The first-order valence-electron chi connectivity index (χ1n) is 6.85. The number of nitrogens with zero attached hydrogens (tertiary/aromatic N) is 2. The Morgan fingerprint density at radius 1 is 1.35 bits per heavy atom. The molecular formula is C14H17F2N3O3S. The Morgan fingerprint density at radius 3 is 2.57 bits per heavy atom. The number of aryl methyl sites for hydroxylation is 3. The monoisotopic (exact) mass is 345 g/mol. The minimum atomic E-state index is -3.81. The van der Waals surface area contributed by atoms with Crippen LogP contribution < -0.4 is 9.46 Å². The summed E-state index contributed by atoms with van der Waals surface area (Å²) in [4.78, 5) is 0.0756. The second-order valence-electron chi connectivity index (χ2n) is 4.90. The van der Waals surface area contributed by atoms with Crippen LogP contribution in [0, 0.1) is 13.8 Å². The van der Waals surface area contributed by atoms with E-state index >= 15 is 0 Å². The molecule has 0 unspecified atom stereocenters. The van der Waals surface area contributed by atoms with E-state index in [1.165, 1.54) is 29.1 Å². The van der Waals surface area contributed by atoms with Gasteiger partial charge in [0, 0.05) is 12.7 Å². The van der Waals surface area contributed by atoms with Crippen molar-refractivity contribution >= 4 is 15.7 Å². The third-order valence-electron chi connectivity index (χ3n) is 3.18. The van der Waals surface area contributed by atoms with Crippen LogP contribution in [0.3, 0.4) is 0 Å². The summed E-state index contributed by atoms with van der Waals surface area (Å²) in [5.74, 6) is -0.0320. The molecule has 0 saturated carbocycles. The van der Waals surface area contributed by atoms with E-state index in [0.29, 0.717) is 17.8 Å². The topological polar surface area (TPSA) is 73.2 Å². The average molecular weight is 345 g/mol. The SMILES string of the molecule is CCn1cc(S(=O)(=O)Nc2ccc(OC(F)F)cc2C)c(C)n1. The molecule has 6 nitrogen and oxygen atoms in total. The van der Waals surface area contributed by atoms with Crippen molar-refractivity contribution < 1.29 is 21.9 Å². The highest BCUT2D eigenvalue weighted by Gasteiger charge is 2.21. The maximum Gasteiger partial charge on any atom is 0.387 e. The Bertz CT molecular complexity index is 804. The highest BCUT2D eigenvalue weighted by molar-refractivity contribution is 7.92. The summed E-state index contributed by atoms with van der Waals surface area (Å²) < 4.78 is 57.5. The van der Waals surface area contributed by atoms with Crippen LogP contribution in [0.2, 0.25) is 0 Å². The Kier molecular flexibility index (Phi) is 4.88. The van der Waals surface area contributed by atoms with E-state index in [2.05, 4.69) is 14.6 Å². The molecule has 0 aliphatic carbocycles. The molecule has 1 aromatic carbocycles. The second-order valence-corrected chi connectivity index (χ2v) is 6.55. The number of anilines is 1. The van der Waals surface area contributed by atoms with Gasteiger partial charge in [-0.15, -0.1) is 0 Å². The number of aromatic nitrogens is 2. The number of nitrogens with one attached hydrogen (secondary N) is 1. The standard InChI is InChI=1S/C14H17F2N3O3S/c1-4-19-8-13(10(3)17-19)23(20,21)18-12-6-5-11(7-9(12)2)22-14(15)16/h5-8,14,18H,4H2,1-3H3. The number of ether oxygens (including phenoxy) is 1. The highest BCUT2D eigenvalue weighted by atomic mass is 32.2. The zero-order chi connectivity index (χ0) is 17.2. The van der Waals surface area contributed by atoms with Crippen LogP contribution in [0.5, 0.6) is 5.75 Å². The molecule has 2 rings (SSSR count). The minimum Gasteiger partial charge on any atom is -0.435 e. The Morgan fingerprint density at radius 2 is 2.04 bits per heavy atom. The summed E-state index contributed by atoms with van der Waals surface area (Å²) in [5.41, 5.74) is 1.14. The van der Waals surface area contributed by atoms with E-state index in [4.69, 9.17) is 0 Å². The molecular weight excluding hydrogens is 328 g/mol. The van der Waals surface area contributed by atoms with Crippen molar-refractivity contribution in [3.05, 3.63) is 35.7 Å². The van der Waals surface area contributed by atoms with Crippen LogP contribution in [0.15, 0.2) is 29.3 Å². The van der Waals surface area contributed by atoms with Crippen molar-refractivity contribution in [1.29, 1.82) is 0 Å². The van der Waals surface area contributed by atoms with Gasteiger partial charge in [0.25, 0.3) is 10.0 Å². The van der Waals surface area contributed by atoms with Gasteiger partial charge in [0.2, 0.25) is 0 Å². The zero-order valence-electron chi connectivity index (χ0n) is 12.9. The molecule has 2 aromatic rings. The quantitative estimate of drug-likeness (QED) is 0.874. The average Bonchev–Trinajstić information content (AvgIpc) is 2.83. The van der Waals surface area contributed by atoms with Gasteiger partial charge in [-0.2, -0.15) is 13.9 Å². The summed E-state index contributed by atoms with van der Waals surface area (Å²) in [6.45, 7) is 2.67. The van der Waals surface area contributed by atoms with Crippen molar-refractivity contribution in [3.8, 4) is 5.75 Å². The van der Waals surface area contributed by atoms with Crippen LogP contribution in [0.1, 0.15) is 18.2 Å². The van der Waals surface area contributed by atoms with Crippen molar-refractivity contribution in [2.45, 2.75) is 38.8 Å². The van der Waals surface area contributed by atoms with Gasteiger partial charge in [0.1, 0.15) is 10.6 Å². The lowest BCUT2D eigenvalue weighted by molar-refractivity contribution is -0.0498. The lowest BCUT2D eigenvalue weighted by Gasteiger charge is -2.12. The maximum absolute atomic E-state index is 12.5. The minimum absolute atomic E-state index is 0.0320. The molecule has 0 atom stereocenters. The fourth-order valence-corrected chi connectivity index (χ4v) is 3.37. The number of hydrogen-bond acceptors (Lipinski definition) is 4. The summed E-state index contributed by atoms with van der Waals surface area (Å²) in [5, 5.41) is 4.10. The van der Waals surface area contributed by atoms with Crippen molar-refractivity contribution in [1.82, 2.24) is 9.78 Å². The first-order valence-corrected chi connectivity index (χ1v) is 8.33. The first kappa shape index (κ1) is 17.2. The van der Waals surface area contributed by atoms with E-state index in [-0.39, 0.29) is 16.3 Å². The molecule has 0 amide bonds. The van der Waals surface area contributed by atoms with E-state index < -0.39 is 16.6 Å². The molecule has 0 spiro atoms. The van der Waals surface area contributed by atoms with Gasteiger partial charge in [-0.25, -0.2) is 8.42 Å². The first-order chi connectivity index (χ1) is 10.7. The number of rotatable bonds is 6. The lowest BCUT2D eigenvalue weighted by atomic mass is 10.2. The van der Waals surface area contributed by atoms with Gasteiger partial charge in [-0.3, -0.25) is 9.40 Å². The van der Waals surface area contributed by atoms with E-state index in [9.17, 15) is 17.2 Å². The van der Waals surface area contributed by atoms with Crippen molar-refractivity contribution in [2.75, 3.05) is 4.72 Å². The zero-order valence-corrected chi connectivity index (χ0v) is 13.7. The van der Waals surface area contributed by atoms with E-state index in [1.54, 1.807) is 13.8 Å². The third-order valence-corrected chi connectivity index (χ3v) is 4.65. The molecule has 126 valence electrons. The molecule has 1 aromatic heterocycles. The highest BCUT2D eigenvalue weighted by Crippen LogP contribution is 2.25. The van der Waals surface area contributed by atoms with E-state index in [1.807, 2.05) is 6.92 Å². The number of hydrogen-bond donors (Lipinski definition) is 1. The fourth-order valence-electron chi connectivity index (χ4n) is 2.05. The summed E-state index contributed by atoms with van der Waals surface area (Å²) in [6, 6.07) is 4.00. The molecule has 0 bridgehead atoms. The summed E-state index contributed by atoms with van der Waals surface area (Å²) >= 11 is 0. The van der Waals surface area contributed by atoms with Crippen molar-refractivity contribution in [2.24, 2.45) is 0 Å². The van der Waals surface area contributed by atoms with Gasteiger partial charge in [0.05, 0.1) is 11.4 Å². The van der Waals surface area contributed by atoms with Gasteiger partial charge >= 0.3 is 6.61 Å². The Labute approximate surface area is 133 Å². The number of sulfonamides is 1. The molecule has 0 aliphatic heterocycles. The second kappa shape index (κ2) is 6.53. The molecule has 0 fully saturated rings. The fraction of sp³-hybridized carbons (Fsp3) is 0.357. The molecule has 0 saturated heterocycles. The third kappa shape index (κ3) is 3.98. The van der Waals surface area contributed by atoms with Crippen LogP contribution in [-0.4, -0.2) is 24.8 Å². The predicted octanol–water partition coefficient (Wildman–Crippen LogP) is 2.92. The molecule has 0 radical (unpaired) electrons. The normalized spacial score (nSPS) is 11.7. The summed E-state index contributed by atoms with van der Waals surface area (Å²) in [7, 11) is -3.81. The number of halogens is 2.